The molecule has 1 aliphatic rings. The van der Waals surface area contributed by atoms with Gasteiger partial charge in [0.05, 0.1) is 6.04 Å². The van der Waals surface area contributed by atoms with E-state index in [-0.39, 0.29) is 11.9 Å². The second kappa shape index (κ2) is 4.57. The van der Waals surface area contributed by atoms with Crippen molar-refractivity contribution < 1.29 is 13.7 Å². The maximum Gasteiger partial charge on any atom is 0.274 e. The third-order valence-corrected chi connectivity index (χ3v) is 3.28. The third-order valence-electron chi connectivity index (χ3n) is 3.28. The van der Waals surface area contributed by atoms with Crippen LogP contribution < -0.4 is 5.32 Å². The van der Waals surface area contributed by atoms with Crippen molar-refractivity contribution in [1.29, 1.82) is 0 Å². The van der Waals surface area contributed by atoms with Crippen LogP contribution in [0.5, 0.6) is 0 Å². The van der Waals surface area contributed by atoms with Gasteiger partial charge in [-0.2, -0.15) is 0 Å². The Labute approximate surface area is 111 Å². The first-order valence-corrected chi connectivity index (χ1v) is 6.47. The Bertz CT molecular complexity index is 595. The largest absolute Gasteiger partial charge is 0.464 e. The lowest BCUT2D eigenvalue weighted by Gasteiger charge is -2.09. The zero-order valence-corrected chi connectivity index (χ0v) is 11.0. The molecule has 19 heavy (non-hydrogen) atoms. The van der Waals surface area contributed by atoms with Crippen molar-refractivity contribution in [1.82, 2.24) is 10.5 Å². The maximum atomic E-state index is 12.0. The lowest BCUT2D eigenvalue weighted by Crippen LogP contribution is -2.26. The van der Waals surface area contributed by atoms with E-state index in [9.17, 15) is 4.79 Å². The Hall–Kier alpha value is -2.04. The zero-order chi connectivity index (χ0) is 13.4. The molecule has 0 saturated heterocycles. The summed E-state index contributed by atoms with van der Waals surface area (Å²) in [5.74, 6) is 2.59. The maximum absolute atomic E-state index is 12.0. The lowest BCUT2D eigenvalue weighted by molar-refractivity contribution is 0.0926. The molecule has 0 radical (unpaired) electrons. The molecule has 1 aliphatic carbocycles. The number of carbonyl (C=O) groups is 1. The van der Waals surface area contributed by atoms with E-state index in [0.29, 0.717) is 11.6 Å². The molecular weight excluding hydrogens is 244 g/mol. The highest BCUT2D eigenvalue weighted by Gasteiger charge is 2.29. The van der Waals surface area contributed by atoms with E-state index in [1.54, 1.807) is 6.07 Å². The first kappa shape index (κ1) is 12.0. The van der Waals surface area contributed by atoms with E-state index in [2.05, 4.69) is 10.5 Å². The number of aromatic nitrogens is 1. The summed E-state index contributed by atoms with van der Waals surface area (Å²) in [6.45, 7) is 3.75. The van der Waals surface area contributed by atoms with Crippen LogP contribution in [0.3, 0.4) is 0 Å². The van der Waals surface area contributed by atoms with Gasteiger partial charge < -0.3 is 14.3 Å². The molecule has 5 nitrogen and oxygen atoms in total. The van der Waals surface area contributed by atoms with Crippen molar-refractivity contribution >= 4 is 5.91 Å². The highest BCUT2D eigenvalue weighted by molar-refractivity contribution is 5.92. The van der Waals surface area contributed by atoms with E-state index in [4.69, 9.17) is 8.94 Å². The molecule has 1 N–H and O–H groups in total. The summed E-state index contributed by atoms with van der Waals surface area (Å²) in [4.78, 5) is 12.0. The molecule has 5 heteroatoms. The van der Waals surface area contributed by atoms with Crippen LogP contribution in [0, 0.1) is 6.92 Å². The number of aryl methyl sites for hydroxylation is 1. The summed E-state index contributed by atoms with van der Waals surface area (Å²) >= 11 is 0. The number of rotatable bonds is 4. The highest BCUT2D eigenvalue weighted by Crippen LogP contribution is 2.40. The van der Waals surface area contributed by atoms with Crippen molar-refractivity contribution in [3.05, 3.63) is 41.2 Å². The average Bonchev–Trinajstić information content (AvgIpc) is 2.94. The molecule has 1 fully saturated rings. The molecule has 2 heterocycles. The van der Waals surface area contributed by atoms with Crippen molar-refractivity contribution in [2.24, 2.45) is 0 Å². The number of hydrogen-bond acceptors (Lipinski definition) is 4. The molecule has 2 aromatic rings. The second-order valence-electron chi connectivity index (χ2n) is 5.03. The molecule has 100 valence electrons. The summed E-state index contributed by atoms with van der Waals surface area (Å²) in [6, 6.07) is 5.27. The van der Waals surface area contributed by atoms with Gasteiger partial charge in [-0.3, -0.25) is 4.79 Å². The minimum absolute atomic E-state index is 0.192. The van der Waals surface area contributed by atoms with E-state index in [0.717, 1.165) is 30.1 Å². The van der Waals surface area contributed by atoms with Crippen LogP contribution in [0.25, 0.3) is 0 Å². The normalized spacial score (nSPS) is 16.3. The fraction of sp³-hybridized carbons (Fsp3) is 0.429. The number of amides is 1. The Kier molecular flexibility index (Phi) is 2.89. The van der Waals surface area contributed by atoms with Crippen LogP contribution >= 0.6 is 0 Å². The van der Waals surface area contributed by atoms with Crippen molar-refractivity contribution in [3.63, 3.8) is 0 Å². The standard InChI is InChI=1S/C14H16N2O3/c1-8-3-6-12(18-8)9(2)15-14(17)11-7-13(19-16-11)10-4-5-10/h3,6-7,9-10H,4-5H2,1-2H3,(H,15,17). The SMILES string of the molecule is Cc1ccc(C(C)NC(=O)c2cc(C3CC3)on2)o1. The van der Waals surface area contributed by atoms with Crippen LogP contribution in [-0.2, 0) is 0 Å². The molecule has 2 aromatic heterocycles. The van der Waals surface area contributed by atoms with E-state index >= 15 is 0 Å². The number of carbonyl (C=O) groups excluding carboxylic acids is 1. The first-order valence-electron chi connectivity index (χ1n) is 6.47. The average molecular weight is 260 g/mol. The van der Waals surface area contributed by atoms with E-state index in [1.807, 2.05) is 26.0 Å². The molecule has 0 bridgehead atoms. The van der Waals surface area contributed by atoms with Crippen LogP contribution in [0.2, 0.25) is 0 Å². The predicted octanol–water partition coefficient (Wildman–Crippen LogP) is 2.94. The van der Waals surface area contributed by atoms with Gasteiger partial charge in [-0.1, -0.05) is 5.16 Å². The summed E-state index contributed by atoms with van der Waals surface area (Å²) in [5, 5.41) is 6.65. The predicted molar refractivity (Wildman–Crippen MR) is 67.8 cm³/mol. The lowest BCUT2D eigenvalue weighted by atomic mass is 10.2. The molecule has 0 aromatic carbocycles. The molecule has 1 amide bonds. The van der Waals surface area contributed by atoms with Gasteiger partial charge in [-0.25, -0.2) is 0 Å². The van der Waals surface area contributed by atoms with Gasteiger partial charge in [0.15, 0.2) is 5.69 Å². The first-order chi connectivity index (χ1) is 9.13. The van der Waals surface area contributed by atoms with Crippen LogP contribution in [0.1, 0.15) is 59.5 Å². The summed E-state index contributed by atoms with van der Waals surface area (Å²) in [5.41, 5.74) is 0.331. The Morgan fingerprint density at radius 1 is 1.47 bits per heavy atom. The van der Waals surface area contributed by atoms with Gasteiger partial charge in [0.2, 0.25) is 0 Å². The van der Waals surface area contributed by atoms with Gasteiger partial charge in [0.25, 0.3) is 5.91 Å². The van der Waals surface area contributed by atoms with E-state index < -0.39 is 0 Å². The number of furan rings is 1. The molecule has 1 atom stereocenters. The summed E-state index contributed by atoms with van der Waals surface area (Å²) < 4.78 is 10.6. The Balaban J connectivity index is 1.66. The number of hydrogen-bond donors (Lipinski definition) is 1. The smallest absolute Gasteiger partial charge is 0.274 e. The minimum Gasteiger partial charge on any atom is -0.464 e. The quantitative estimate of drug-likeness (QED) is 0.917. The van der Waals surface area contributed by atoms with Crippen molar-refractivity contribution in [2.45, 2.75) is 38.6 Å². The topological polar surface area (TPSA) is 68.3 Å². The summed E-state index contributed by atoms with van der Waals surface area (Å²) in [6.07, 6.45) is 2.25. The molecular formula is C14H16N2O3. The highest BCUT2D eigenvalue weighted by atomic mass is 16.5. The fourth-order valence-electron chi connectivity index (χ4n) is 1.98. The van der Waals surface area contributed by atoms with Crippen molar-refractivity contribution in [2.75, 3.05) is 0 Å². The molecule has 1 saturated carbocycles. The second-order valence-corrected chi connectivity index (χ2v) is 5.03. The molecule has 0 spiro atoms. The van der Waals surface area contributed by atoms with E-state index in [1.165, 1.54) is 0 Å². The fourth-order valence-corrected chi connectivity index (χ4v) is 1.98. The van der Waals surface area contributed by atoms with Crippen LogP contribution in [0.4, 0.5) is 0 Å². The molecule has 3 rings (SSSR count). The van der Waals surface area contributed by atoms with Gasteiger partial charge in [0, 0.05) is 12.0 Å². The van der Waals surface area contributed by atoms with Crippen molar-refractivity contribution in [3.8, 4) is 0 Å². The Morgan fingerprint density at radius 3 is 2.89 bits per heavy atom. The minimum atomic E-state index is -0.239. The third kappa shape index (κ3) is 2.54. The zero-order valence-electron chi connectivity index (χ0n) is 11.0. The molecule has 0 aliphatic heterocycles. The van der Waals surface area contributed by atoms with Gasteiger partial charge in [0.1, 0.15) is 17.3 Å². The molecule has 1 unspecified atom stereocenters. The van der Waals surface area contributed by atoms with Gasteiger partial charge in [-0.15, -0.1) is 0 Å². The van der Waals surface area contributed by atoms with Gasteiger partial charge >= 0.3 is 0 Å². The van der Waals surface area contributed by atoms with Crippen LogP contribution in [-0.4, -0.2) is 11.1 Å². The monoisotopic (exact) mass is 260 g/mol. The summed E-state index contributed by atoms with van der Waals surface area (Å²) in [7, 11) is 0. The Morgan fingerprint density at radius 2 is 2.26 bits per heavy atom. The van der Waals surface area contributed by atoms with Gasteiger partial charge in [-0.05, 0) is 38.8 Å². The van der Waals surface area contributed by atoms with Crippen LogP contribution in [0.15, 0.2) is 27.1 Å². The number of nitrogens with one attached hydrogen (secondary N) is 1. The number of nitrogens with zero attached hydrogens (tertiary/aromatic N) is 1.